The summed E-state index contributed by atoms with van der Waals surface area (Å²) in [5, 5.41) is 21.8. The van der Waals surface area contributed by atoms with E-state index in [4.69, 9.17) is 30.6 Å². The minimum Gasteiger partial charge on any atom is -0.485 e. The highest BCUT2D eigenvalue weighted by Crippen LogP contribution is 2.35. The second kappa shape index (κ2) is 13.9. The molecule has 18 nitrogen and oxygen atoms in total. The fraction of sp³-hybridized carbons (Fsp3) is 0.517. The molecule has 20 heteroatoms. The zero-order valence-electron chi connectivity index (χ0n) is 26.9. The van der Waals surface area contributed by atoms with Crippen LogP contribution in [0.1, 0.15) is 63.3 Å². The van der Waals surface area contributed by atoms with Crippen molar-refractivity contribution in [1.82, 2.24) is 20.7 Å². The molecule has 49 heavy (non-hydrogen) atoms. The largest absolute Gasteiger partial charge is 0.485 e. The average molecular weight is 723 g/mol. The molecule has 4 atom stereocenters. The van der Waals surface area contributed by atoms with Crippen molar-refractivity contribution in [2.24, 2.45) is 15.9 Å². The fourth-order valence-electron chi connectivity index (χ4n) is 5.71. The normalized spacial score (nSPS) is 24.0. The van der Waals surface area contributed by atoms with Gasteiger partial charge >= 0.3 is 16.4 Å². The Hall–Kier alpha value is -4.37. The van der Waals surface area contributed by atoms with Gasteiger partial charge in [-0.2, -0.15) is 13.5 Å². The first-order valence-electron chi connectivity index (χ1n) is 15.4. The highest BCUT2D eigenvalue weighted by molar-refractivity contribution is 7.80. The van der Waals surface area contributed by atoms with Gasteiger partial charge in [-0.3, -0.25) is 19.1 Å². The van der Waals surface area contributed by atoms with Gasteiger partial charge < -0.3 is 36.8 Å². The van der Waals surface area contributed by atoms with E-state index in [1.54, 1.807) is 12.1 Å². The lowest BCUT2D eigenvalue weighted by atomic mass is 9.84. The first kappa shape index (κ1) is 35.9. The molecule has 3 aliphatic rings. The summed E-state index contributed by atoms with van der Waals surface area (Å²) >= 11 is 0.969. The third-order valence-electron chi connectivity index (χ3n) is 8.61. The van der Waals surface area contributed by atoms with Crippen molar-refractivity contribution in [1.29, 1.82) is 0 Å². The van der Waals surface area contributed by atoms with Crippen LogP contribution in [0.5, 0.6) is 5.75 Å². The molecule has 1 aromatic carbocycles. The highest BCUT2D eigenvalue weighted by atomic mass is 32.3. The molecule has 2 aromatic rings. The quantitative estimate of drug-likeness (QED) is 0.0602. The molecule has 0 bridgehead atoms. The van der Waals surface area contributed by atoms with Crippen LogP contribution in [0.3, 0.4) is 0 Å². The topological polar surface area (TPSA) is 270 Å². The van der Waals surface area contributed by atoms with Crippen LogP contribution in [0, 0.1) is 0 Å². The molecule has 0 radical (unpaired) electrons. The lowest BCUT2D eigenvalue weighted by Crippen LogP contribution is -2.76. The zero-order valence-corrected chi connectivity index (χ0v) is 28.5. The Labute approximate surface area is 285 Å². The van der Waals surface area contributed by atoms with Crippen LogP contribution in [-0.4, -0.2) is 99.9 Å². The van der Waals surface area contributed by atoms with Gasteiger partial charge in [0.05, 0.1) is 11.6 Å². The SMILES string of the molecule is CC1(C)[C@H](NC(=O)/C(=N\O[C@](C)(C(=O)O)[C@H]2CCc3cc(C(N)=N[C@H]4CCCCNC4)ccc3O2)c2csc(N)n2)C(=O)N1OS(=O)(=O)O. The van der Waals surface area contributed by atoms with Gasteiger partial charge in [-0.05, 0) is 76.8 Å². The van der Waals surface area contributed by atoms with Crippen LogP contribution in [0.15, 0.2) is 33.7 Å². The smallest absolute Gasteiger partial charge is 0.418 e. The van der Waals surface area contributed by atoms with Crippen LogP contribution in [-0.2, 0) is 40.3 Å². The molecular weight excluding hydrogens is 684 g/mol. The Morgan fingerprint density at radius 2 is 2.04 bits per heavy atom. The number of nitrogens with two attached hydrogens (primary N) is 2. The molecular formula is C29H38N8O10S2. The van der Waals surface area contributed by atoms with E-state index in [1.165, 1.54) is 26.2 Å². The summed E-state index contributed by atoms with van der Waals surface area (Å²) in [5.74, 6) is -2.60. The fourth-order valence-corrected chi connectivity index (χ4v) is 6.72. The lowest BCUT2D eigenvalue weighted by Gasteiger charge is -2.50. The van der Waals surface area contributed by atoms with Crippen molar-refractivity contribution in [3.63, 3.8) is 0 Å². The number of carboxylic acids is 1. The summed E-state index contributed by atoms with van der Waals surface area (Å²) in [4.78, 5) is 53.1. The van der Waals surface area contributed by atoms with E-state index in [1.807, 2.05) is 6.07 Å². The van der Waals surface area contributed by atoms with Crippen LogP contribution >= 0.6 is 11.3 Å². The Bertz CT molecular complexity index is 1790. The number of aromatic nitrogens is 1. The Kier molecular flexibility index (Phi) is 10.2. The maximum absolute atomic E-state index is 13.5. The van der Waals surface area contributed by atoms with Crippen molar-refractivity contribution in [2.75, 3.05) is 18.8 Å². The molecule has 0 saturated carbocycles. The number of β-lactam (4-membered cyclic amide) rings is 1. The number of thiazole rings is 1. The molecule has 266 valence electrons. The van der Waals surface area contributed by atoms with Gasteiger partial charge in [0, 0.05) is 17.5 Å². The molecule has 0 spiro atoms. The van der Waals surface area contributed by atoms with Crippen molar-refractivity contribution in [2.45, 2.75) is 82.2 Å². The van der Waals surface area contributed by atoms with E-state index in [-0.39, 0.29) is 23.3 Å². The maximum Gasteiger partial charge on any atom is 0.418 e. The lowest BCUT2D eigenvalue weighted by molar-refractivity contribution is -0.218. The molecule has 1 aromatic heterocycles. The average Bonchev–Trinajstić information content (AvgIpc) is 3.30. The summed E-state index contributed by atoms with van der Waals surface area (Å²) in [6.45, 7) is 5.71. The van der Waals surface area contributed by atoms with E-state index in [0.29, 0.717) is 23.1 Å². The standard InChI is InChI=1S/C29H38N8O10S2/c1-28(2)22(25(39)37(28)47-49(42,43)44)35-24(38)21(18-14-48-27(31)34-18)36-46-29(3,26(40)41)20-10-8-15-12-16(7-9-19(15)45-20)23(30)33-17-6-4-5-11-32-13-17/h7,9,12,14,17,20,22,32H,4-6,8,10-11,13H2,1-3H3,(H2,30,33)(H2,31,34)(H,35,38)(H,40,41)(H,42,43,44)/b36-21-/t17-,20+,22+,29-/m0/s1. The number of hydrogen-bond acceptors (Lipinski definition) is 14. The number of ether oxygens (including phenoxy) is 1. The van der Waals surface area contributed by atoms with E-state index in [9.17, 15) is 27.9 Å². The number of nitrogen functional groups attached to an aromatic ring is 1. The second-order valence-electron chi connectivity index (χ2n) is 12.5. The molecule has 2 amide bonds. The summed E-state index contributed by atoms with van der Waals surface area (Å²) in [6.07, 6.45) is 2.67. The van der Waals surface area contributed by atoms with Gasteiger partial charge in [-0.15, -0.1) is 15.6 Å². The van der Waals surface area contributed by atoms with Gasteiger partial charge in [-0.25, -0.2) is 9.78 Å². The third kappa shape index (κ3) is 7.77. The van der Waals surface area contributed by atoms with E-state index >= 15 is 0 Å². The van der Waals surface area contributed by atoms with Gasteiger partial charge in [0.25, 0.3) is 17.4 Å². The molecule has 2 saturated heterocycles. The number of aryl methyl sites for hydroxylation is 1. The number of anilines is 1. The molecule has 0 aliphatic carbocycles. The summed E-state index contributed by atoms with van der Waals surface area (Å²) < 4.78 is 41.8. The number of nitrogens with one attached hydrogen (secondary N) is 2. The minimum atomic E-state index is -5.03. The summed E-state index contributed by atoms with van der Waals surface area (Å²) in [6, 6.07) is 4.06. The van der Waals surface area contributed by atoms with Crippen LogP contribution in [0.25, 0.3) is 0 Å². The predicted octanol–water partition coefficient (Wildman–Crippen LogP) is 0.371. The van der Waals surface area contributed by atoms with Gasteiger partial charge in [0.15, 0.2) is 16.9 Å². The number of rotatable bonds is 11. The molecule has 4 heterocycles. The van der Waals surface area contributed by atoms with E-state index in [2.05, 4.69) is 25.1 Å². The molecule has 2 fully saturated rings. The minimum absolute atomic E-state index is 0.0625. The van der Waals surface area contributed by atoms with Crippen molar-refractivity contribution in [3.8, 4) is 5.75 Å². The van der Waals surface area contributed by atoms with Crippen molar-refractivity contribution >= 4 is 56.2 Å². The number of aliphatic imine (C=N–C) groups is 1. The van der Waals surface area contributed by atoms with Gasteiger partial charge in [0.2, 0.25) is 0 Å². The van der Waals surface area contributed by atoms with Crippen LogP contribution < -0.4 is 26.8 Å². The third-order valence-corrected chi connectivity index (χ3v) is 9.62. The second-order valence-corrected chi connectivity index (χ2v) is 14.4. The predicted molar refractivity (Wildman–Crippen MR) is 176 cm³/mol. The number of hydroxylamine groups is 2. The monoisotopic (exact) mass is 722 g/mol. The number of carbonyl (C=O) groups is 3. The van der Waals surface area contributed by atoms with Crippen molar-refractivity contribution in [3.05, 3.63) is 40.4 Å². The highest BCUT2D eigenvalue weighted by Gasteiger charge is 2.58. The number of carboxylic acid groups (broad SMARTS) is 1. The Morgan fingerprint density at radius 3 is 2.69 bits per heavy atom. The maximum atomic E-state index is 13.5. The number of nitrogens with zero attached hydrogens (tertiary/aromatic N) is 4. The number of carbonyl (C=O) groups excluding carboxylic acids is 2. The summed E-state index contributed by atoms with van der Waals surface area (Å²) in [7, 11) is -5.03. The molecule has 0 unspecified atom stereocenters. The summed E-state index contributed by atoms with van der Waals surface area (Å²) in [5.41, 5.74) is 9.50. The number of hydrogen-bond donors (Lipinski definition) is 6. The number of aliphatic carboxylic acids is 1. The van der Waals surface area contributed by atoms with E-state index < -0.39 is 57.2 Å². The van der Waals surface area contributed by atoms with Crippen LogP contribution in [0.4, 0.5) is 5.13 Å². The number of amidine groups is 1. The number of oxime groups is 1. The van der Waals surface area contributed by atoms with Gasteiger partial charge in [0.1, 0.15) is 23.3 Å². The first-order chi connectivity index (χ1) is 23.0. The van der Waals surface area contributed by atoms with Crippen molar-refractivity contribution < 1.29 is 46.3 Å². The van der Waals surface area contributed by atoms with E-state index in [0.717, 1.165) is 54.8 Å². The molecule has 3 aliphatic heterocycles. The van der Waals surface area contributed by atoms with Crippen LogP contribution in [0.2, 0.25) is 0 Å². The number of fused-ring (bicyclic) bond motifs is 1. The molecule has 8 N–H and O–H groups in total. The molecule has 5 rings (SSSR count). The Morgan fingerprint density at radius 1 is 1.29 bits per heavy atom. The Balaban J connectivity index is 1.34. The zero-order chi connectivity index (χ0) is 35.7. The number of amides is 2. The van der Waals surface area contributed by atoms with Gasteiger partial charge in [-0.1, -0.05) is 11.6 Å². The number of benzene rings is 1. The first-order valence-corrected chi connectivity index (χ1v) is 17.6.